The first-order valence-electron chi connectivity index (χ1n) is 19.8. The molecule has 0 atom stereocenters. The Morgan fingerprint density at radius 2 is 0.780 bits per heavy atom. The zero-order valence-electron chi connectivity index (χ0n) is 32.0. The molecule has 0 spiro atoms. The molecule has 0 aliphatic rings. The Balaban J connectivity index is 1.20. The van der Waals surface area contributed by atoms with Gasteiger partial charge in [0.15, 0.2) is 17.5 Å². The number of para-hydroxylation sites is 1. The van der Waals surface area contributed by atoms with Crippen molar-refractivity contribution >= 4 is 32.7 Å². The highest BCUT2D eigenvalue weighted by atomic mass is 16.3. The molecule has 0 N–H and O–H groups in total. The van der Waals surface area contributed by atoms with Gasteiger partial charge in [-0.3, -0.25) is 0 Å². The van der Waals surface area contributed by atoms with Gasteiger partial charge in [-0.25, -0.2) is 15.0 Å². The average molecular weight is 754 g/mol. The normalized spacial score (nSPS) is 11.4. The lowest BCUT2D eigenvalue weighted by atomic mass is 9.86. The van der Waals surface area contributed by atoms with Crippen LogP contribution in [0.25, 0.3) is 111 Å². The highest BCUT2D eigenvalue weighted by Crippen LogP contribution is 2.44. The van der Waals surface area contributed by atoms with E-state index in [-0.39, 0.29) is 0 Å². The molecule has 0 aliphatic carbocycles. The molecule has 59 heavy (non-hydrogen) atoms. The first-order valence-corrected chi connectivity index (χ1v) is 19.8. The molecule has 0 bridgehead atoms. The first-order chi connectivity index (χ1) is 29.2. The van der Waals surface area contributed by atoms with E-state index in [1.54, 1.807) is 0 Å². The molecule has 0 saturated carbocycles. The summed E-state index contributed by atoms with van der Waals surface area (Å²) in [7, 11) is 0. The second kappa shape index (κ2) is 14.5. The van der Waals surface area contributed by atoms with Crippen molar-refractivity contribution in [2.24, 2.45) is 0 Å². The van der Waals surface area contributed by atoms with Gasteiger partial charge in [0, 0.05) is 33.0 Å². The van der Waals surface area contributed by atoms with E-state index in [1.807, 2.05) is 18.2 Å². The van der Waals surface area contributed by atoms with Gasteiger partial charge in [0.05, 0.1) is 0 Å². The largest absolute Gasteiger partial charge is 0.456 e. The standard InChI is InChI=1S/C55H35N3O/c1-4-15-36(16-5-1)38-27-29-41(30-28-38)53-56-54(47-25-14-22-39-19-10-11-23-44(39)47)58-55(57-53)49-34-43(37-17-6-2-7-18-37)33-48(52(49)40-20-8-3-9-21-40)42-31-32-46-45-24-12-13-26-50(45)59-51(46)35-42/h1-35H. The summed E-state index contributed by atoms with van der Waals surface area (Å²) in [6.07, 6.45) is 0. The summed E-state index contributed by atoms with van der Waals surface area (Å²) in [5.74, 6) is 1.81. The summed E-state index contributed by atoms with van der Waals surface area (Å²) in [5.41, 5.74) is 13.1. The molecule has 0 unspecified atom stereocenters. The number of hydrogen-bond donors (Lipinski definition) is 0. The highest BCUT2D eigenvalue weighted by molar-refractivity contribution is 6.07. The van der Waals surface area contributed by atoms with Gasteiger partial charge in [-0.15, -0.1) is 0 Å². The zero-order valence-corrected chi connectivity index (χ0v) is 32.0. The van der Waals surface area contributed by atoms with Gasteiger partial charge < -0.3 is 4.42 Å². The maximum Gasteiger partial charge on any atom is 0.164 e. The molecule has 11 rings (SSSR count). The Morgan fingerprint density at radius 1 is 0.271 bits per heavy atom. The fraction of sp³-hybridized carbons (Fsp3) is 0. The molecule has 2 heterocycles. The fourth-order valence-corrected chi connectivity index (χ4v) is 8.26. The van der Waals surface area contributed by atoms with Crippen molar-refractivity contribution in [2.75, 3.05) is 0 Å². The average Bonchev–Trinajstić information content (AvgIpc) is 3.70. The van der Waals surface area contributed by atoms with Gasteiger partial charge in [-0.05, 0) is 80.0 Å². The quantitative estimate of drug-likeness (QED) is 0.163. The van der Waals surface area contributed by atoms with Crippen molar-refractivity contribution in [1.82, 2.24) is 15.0 Å². The lowest BCUT2D eigenvalue weighted by Crippen LogP contribution is -2.02. The fourth-order valence-electron chi connectivity index (χ4n) is 8.26. The minimum absolute atomic E-state index is 0.591. The van der Waals surface area contributed by atoms with Crippen molar-refractivity contribution in [2.45, 2.75) is 0 Å². The molecular formula is C55H35N3O. The van der Waals surface area contributed by atoms with Crippen molar-refractivity contribution in [3.05, 3.63) is 212 Å². The van der Waals surface area contributed by atoms with E-state index >= 15 is 0 Å². The van der Waals surface area contributed by atoms with Crippen LogP contribution in [0, 0.1) is 0 Å². The van der Waals surface area contributed by atoms with Crippen LogP contribution < -0.4 is 0 Å². The second-order valence-electron chi connectivity index (χ2n) is 14.8. The van der Waals surface area contributed by atoms with Gasteiger partial charge >= 0.3 is 0 Å². The van der Waals surface area contributed by atoms with Crippen molar-refractivity contribution < 1.29 is 4.42 Å². The van der Waals surface area contributed by atoms with Crippen molar-refractivity contribution in [3.63, 3.8) is 0 Å². The predicted octanol–water partition coefficient (Wildman–Crippen LogP) is 14.6. The van der Waals surface area contributed by atoms with Crippen molar-refractivity contribution in [1.29, 1.82) is 0 Å². The number of fused-ring (bicyclic) bond motifs is 4. The minimum atomic E-state index is 0.591. The lowest BCUT2D eigenvalue weighted by Gasteiger charge is -2.19. The smallest absolute Gasteiger partial charge is 0.164 e. The molecule has 9 aromatic carbocycles. The van der Waals surface area contributed by atoms with E-state index in [2.05, 4.69) is 194 Å². The van der Waals surface area contributed by atoms with Crippen LogP contribution in [0.2, 0.25) is 0 Å². The lowest BCUT2D eigenvalue weighted by molar-refractivity contribution is 0.669. The summed E-state index contributed by atoms with van der Waals surface area (Å²) < 4.78 is 6.46. The molecule has 276 valence electrons. The van der Waals surface area contributed by atoms with Gasteiger partial charge in [-0.1, -0.05) is 182 Å². The van der Waals surface area contributed by atoms with E-state index in [0.717, 1.165) is 93.9 Å². The maximum absolute atomic E-state index is 6.46. The Bertz CT molecular complexity index is 3300. The summed E-state index contributed by atoms with van der Waals surface area (Å²) in [6, 6.07) is 74.1. The van der Waals surface area contributed by atoms with Gasteiger partial charge in [0.1, 0.15) is 11.2 Å². The number of aromatic nitrogens is 3. The molecule has 0 amide bonds. The van der Waals surface area contributed by atoms with E-state index in [1.165, 1.54) is 0 Å². The molecule has 4 heteroatoms. The van der Waals surface area contributed by atoms with Crippen LogP contribution in [0.5, 0.6) is 0 Å². The highest BCUT2D eigenvalue weighted by Gasteiger charge is 2.22. The predicted molar refractivity (Wildman–Crippen MR) is 243 cm³/mol. The molecule has 0 radical (unpaired) electrons. The van der Waals surface area contributed by atoms with Crippen LogP contribution in [0.15, 0.2) is 217 Å². The summed E-state index contributed by atoms with van der Waals surface area (Å²) in [5, 5.41) is 4.40. The third-order valence-corrected chi connectivity index (χ3v) is 11.2. The molecule has 0 saturated heterocycles. The van der Waals surface area contributed by atoms with Crippen LogP contribution in [0.1, 0.15) is 0 Å². The number of nitrogens with zero attached hydrogens (tertiary/aromatic N) is 3. The number of furan rings is 1. The van der Waals surface area contributed by atoms with Gasteiger partial charge in [0.2, 0.25) is 0 Å². The van der Waals surface area contributed by atoms with Crippen LogP contribution in [-0.2, 0) is 0 Å². The van der Waals surface area contributed by atoms with E-state index in [9.17, 15) is 0 Å². The molecule has 0 fully saturated rings. The van der Waals surface area contributed by atoms with Gasteiger partial charge in [-0.2, -0.15) is 0 Å². The van der Waals surface area contributed by atoms with E-state index in [4.69, 9.17) is 19.4 Å². The van der Waals surface area contributed by atoms with E-state index < -0.39 is 0 Å². The zero-order chi connectivity index (χ0) is 39.1. The summed E-state index contributed by atoms with van der Waals surface area (Å²) >= 11 is 0. The monoisotopic (exact) mass is 753 g/mol. The minimum Gasteiger partial charge on any atom is -0.456 e. The Hall–Kier alpha value is -7.95. The first kappa shape index (κ1) is 34.3. The topological polar surface area (TPSA) is 51.8 Å². The third-order valence-electron chi connectivity index (χ3n) is 11.2. The second-order valence-corrected chi connectivity index (χ2v) is 14.8. The SMILES string of the molecule is c1ccc(-c2ccc(-c3nc(-c4cc(-c5ccccc5)cc(-c5ccc6c(c5)oc5ccccc56)c4-c4ccccc4)nc(-c4cccc5ccccc45)n3)cc2)cc1. The Labute approximate surface area is 341 Å². The van der Waals surface area contributed by atoms with Crippen molar-refractivity contribution in [3.8, 4) is 78.7 Å². The third kappa shape index (κ3) is 6.34. The van der Waals surface area contributed by atoms with Crippen LogP contribution in [-0.4, -0.2) is 15.0 Å². The number of benzene rings is 9. The maximum atomic E-state index is 6.46. The Morgan fingerprint density at radius 3 is 1.53 bits per heavy atom. The van der Waals surface area contributed by atoms with Crippen LogP contribution in [0.3, 0.4) is 0 Å². The Kier molecular flexibility index (Phi) is 8.45. The molecule has 11 aromatic rings. The van der Waals surface area contributed by atoms with Crippen LogP contribution in [0.4, 0.5) is 0 Å². The van der Waals surface area contributed by atoms with E-state index in [0.29, 0.717) is 17.5 Å². The molecule has 4 nitrogen and oxygen atoms in total. The summed E-state index contributed by atoms with van der Waals surface area (Å²) in [4.78, 5) is 16.0. The molecular weight excluding hydrogens is 719 g/mol. The number of rotatable bonds is 7. The van der Waals surface area contributed by atoms with Gasteiger partial charge in [0.25, 0.3) is 0 Å². The molecule has 0 aliphatic heterocycles. The summed E-state index contributed by atoms with van der Waals surface area (Å²) in [6.45, 7) is 0. The molecule has 2 aromatic heterocycles. The number of hydrogen-bond acceptors (Lipinski definition) is 4. The van der Waals surface area contributed by atoms with Crippen LogP contribution >= 0.6 is 0 Å².